The molecule has 2 heteroatoms. The summed E-state index contributed by atoms with van der Waals surface area (Å²) >= 11 is 0. The van der Waals surface area contributed by atoms with Crippen molar-refractivity contribution in [1.82, 2.24) is 0 Å². The third kappa shape index (κ3) is 9.92. The van der Waals surface area contributed by atoms with Crippen LogP contribution in [-0.4, -0.2) is 13.1 Å². The van der Waals surface area contributed by atoms with E-state index in [4.69, 9.17) is 0 Å². The topological polar surface area (TPSA) is 26.3 Å². The molecule has 0 spiro atoms. The molecular formula is C19H36O2. The van der Waals surface area contributed by atoms with Gasteiger partial charge in [-0.05, 0) is 24.7 Å². The molecule has 0 N–H and O–H groups in total. The Balaban J connectivity index is 1.79. The second-order valence-electron chi connectivity index (χ2n) is 6.84. The van der Waals surface area contributed by atoms with E-state index in [1.165, 1.54) is 84.2 Å². The molecule has 0 radical (unpaired) electrons. The maximum atomic E-state index is 11.0. The monoisotopic (exact) mass is 296 g/mol. The maximum Gasteiger partial charge on any atom is 0.305 e. The summed E-state index contributed by atoms with van der Waals surface area (Å²) in [6, 6.07) is 0. The highest BCUT2D eigenvalue weighted by molar-refractivity contribution is 5.68. The Labute approximate surface area is 132 Å². The van der Waals surface area contributed by atoms with Crippen LogP contribution in [0.3, 0.4) is 0 Å². The van der Waals surface area contributed by atoms with E-state index in [1.54, 1.807) is 0 Å². The molecule has 1 rings (SSSR count). The molecule has 0 bridgehead atoms. The van der Waals surface area contributed by atoms with Gasteiger partial charge in [-0.1, -0.05) is 77.6 Å². The molecule has 0 aromatic rings. The fourth-order valence-corrected chi connectivity index (χ4v) is 3.34. The van der Waals surface area contributed by atoms with Crippen molar-refractivity contribution in [2.45, 2.75) is 96.8 Å². The largest absolute Gasteiger partial charge is 0.469 e. The van der Waals surface area contributed by atoms with Crippen LogP contribution in [0.25, 0.3) is 0 Å². The van der Waals surface area contributed by atoms with Gasteiger partial charge >= 0.3 is 5.97 Å². The van der Waals surface area contributed by atoms with Crippen molar-refractivity contribution in [2.75, 3.05) is 7.11 Å². The zero-order chi connectivity index (χ0) is 15.3. The zero-order valence-corrected chi connectivity index (χ0v) is 14.4. The molecule has 0 aromatic carbocycles. The molecule has 0 aliphatic heterocycles. The van der Waals surface area contributed by atoms with Crippen LogP contribution in [0, 0.1) is 11.8 Å². The van der Waals surface area contributed by atoms with Gasteiger partial charge in [0.05, 0.1) is 7.11 Å². The van der Waals surface area contributed by atoms with Crippen LogP contribution in [0.15, 0.2) is 0 Å². The Morgan fingerprint density at radius 3 is 1.95 bits per heavy atom. The van der Waals surface area contributed by atoms with Gasteiger partial charge in [0.2, 0.25) is 0 Å². The summed E-state index contributed by atoms with van der Waals surface area (Å²) in [6.07, 6.45) is 18.5. The second kappa shape index (κ2) is 12.1. The van der Waals surface area contributed by atoms with Gasteiger partial charge in [-0.25, -0.2) is 0 Å². The van der Waals surface area contributed by atoms with Crippen molar-refractivity contribution in [3.05, 3.63) is 0 Å². The number of methoxy groups -OCH3 is 1. The van der Waals surface area contributed by atoms with E-state index in [2.05, 4.69) is 11.7 Å². The molecule has 1 fully saturated rings. The first-order valence-electron chi connectivity index (χ1n) is 9.34. The molecule has 0 amide bonds. The molecule has 2 atom stereocenters. The Hall–Kier alpha value is -0.530. The molecule has 0 saturated heterocycles. The van der Waals surface area contributed by atoms with Crippen LogP contribution in [0.4, 0.5) is 0 Å². The molecular weight excluding hydrogens is 260 g/mol. The molecule has 124 valence electrons. The molecule has 0 heterocycles. The maximum absolute atomic E-state index is 11.0. The number of carbonyl (C=O) groups is 1. The van der Waals surface area contributed by atoms with E-state index >= 15 is 0 Å². The third-order valence-corrected chi connectivity index (χ3v) is 4.93. The number of hydrogen-bond acceptors (Lipinski definition) is 2. The van der Waals surface area contributed by atoms with E-state index in [1.807, 2.05) is 0 Å². The lowest BCUT2D eigenvalue weighted by molar-refractivity contribution is -0.140. The molecule has 2 unspecified atom stereocenters. The molecule has 1 aliphatic carbocycles. The van der Waals surface area contributed by atoms with Crippen LogP contribution in [0.1, 0.15) is 96.8 Å². The summed E-state index contributed by atoms with van der Waals surface area (Å²) in [5, 5.41) is 0. The average Bonchev–Trinajstić information content (AvgIpc) is 3.24. The minimum Gasteiger partial charge on any atom is -0.469 e. The SMILES string of the molecule is CCCCCCCCCCC1CC1CCCCC(=O)OC. The molecule has 0 aromatic heterocycles. The first kappa shape index (κ1) is 18.5. The van der Waals surface area contributed by atoms with Crippen molar-refractivity contribution >= 4 is 5.97 Å². The average molecular weight is 296 g/mol. The molecule has 2 nitrogen and oxygen atoms in total. The second-order valence-corrected chi connectivity index (χ2v) is 6.84. The summed E-state index contributed by atoms with van der Waals surface area (Å²) in [5.74, 6) is 1.94. The highest BCUT2D eigenvalue weighted by Crippen LogP contribution is 2.45. The van der Waals surface area contributed by atoms with E-state index in [0.29, 0.717) is 6.42 Å². The van der Waals surface area contributed by atoms with Gasteiger partial charge in [0.15, 0.2) is 0 Å². The minimum absolute atomic E-state index is 0.0544. The lowest BCUT2D eigenvalue weighted by Crippen LogP contribution is -1.99. The van der Waals surface area contributed by atoms with Gasteiger partial charge in [-0.3, -0.25) is 4.79 Å². The standard InChI is InChI=1S/C19H36O2/c1-3-4-5-6-7-8-9-10-13-17-16-18(17)14-11-12-15-19(20)21-2/h17-18H,3-16H2,1-2H3. The normalized spacial score (nSPS) is 20.5. The predicted molar refractivity (Wildman–Crippen MR) is 89.3 cm³/mol. The number of hydrogen-bond donors (Lipinski definition) is 0. The van der Waals surface area contributed by atoms with Crippen LogP contribution in [0.5, 0.6) is 0 Å². The lowest BCUT2D eigenvalue weighted by Gasteiger charge is -2.02. The quantitative estimate of drug-likeness (QED) is 0.295. The smallest absolute Gasteiger partial charge is 0.305 e. The Morgan fingerprint density at radius 1 is 0.857 bits per heavy atom. The number of esters is 1. The van der Waals surface area contributed by atoms with Gasteiger partial charge in [0, 0.05) is 6.42 Å². The van der Waals surface area contributed by atoms with E-state index < -0.39 is 0 Å². The highest BCUT2D eigenvalue weighted by Gasteiger charge is 2.35. The zero-order valence-electron chi connectivity index (χ0n) is 14.4. The van der Waals surface area contributed by atoms with Crippen molar-refractivity contribution in [3.8, 4) is 0 Å². The van der Waals surface area contributed by atoms with E-state index in [-0.39, 0.29) is 5.97 Å². The number of ether oxygens (including phenoxy) is 1. The summed E-state index contributed by atoms with van der Waals surface area (Å²) in [5.41, 5.74) is 0. The van der Waals surface area contributed by atoms with Gasteiger partial charge in [-0.15, -0.1) is 0 Å². The lowest BCUT2D eigenvalue weighted by atomic mass is 10.0. The summed E-state index contributed by atoms with van der Waals surface area (Å²) in [4.78, 5) is 11.0. The van der Waals surface area contributed by atoms with Crippen LogP contribution < -0.4 is 0 Å². The van der Waals surface area contributed by atoms with Crippen LogP contribution in [0.2, 0.25) is 0 Å². The number of carbonyl (C=O) groups excluding carboxylic acids is 1. The highest BCUT2D eigenvalue weighted by atomic mass is 16.5. The Kier molecular flexibility index (Phi) is 10.6. The minimum atomic E-state index is -0.0544. The molecule has 21 heavy (non-hydrogen) atoms. The first-order chi connectivity index (χ1) is 10.3. The first-order valence-corrected chi connectivity index (χ1v) is 9.34. The van der Waals surface area contributed by atoms with Crippen LogP contribution >= 0.6 is 0 Å². The number of unbranched alkanes of at least 4 members (excludes halogenated alkanes) is 8. The summed E-state index contributed by atoms with van der Waals surface area (Å²) in [7, 11) is 1.48. The summed E-state index contributed by atoms with van der Waals surface area (Å²) < 4.78 is 4.66. The van der Waals surface area contributed by atoms with E-state index in [0.717, 1.165) is 18.3 Å². The van der Waals surface area contributed by atoms with Crippen LogP contribution in [-0.2, 0) is 9.53 Å². The van der Waals surface area contributed by atoms with Crippen molar-refractivity contribution in [2.24, 2.45) is 11.8 Å². The number of rotatable bonds is 14. The van der Waals surface area contributed by atoms with Gasteiger partial charge < -0.3 is 4.74 Å². The third-order valence-electron chi connectivity index (χ3n) is 4.93. The van der Waals surface area contributed by atoms with Crippen molar-refractivity contribution < 1.29 is 9.53 Å². The summed E-state index contributed by atoms with van der Waals surface area (Å²) in [6.45, 7) is 2.28. The van der Waals surface area contributed by atoms with Crippen molar-refractivity contribution in [3.63, 3.8) is 0 Å². The van der Waals surface area contributed by atoms with Gasteiger partial charge in [0.25, 0.3) is 0 Å². The predicted octanol–water partition coefficient (Wildman–Crippen LogP) is 5.89. The molecule has 1 saturated carbocycles. The molecule has 1 aliphatic rings. The van der Waals surface area contributed by atoms with E-state index in [9.17, 15) is 4.79 Å². The fraction of sp³-hybridized carbons (Fsp3) is 0.947. The Bertz CT molecular complexity index is 262. The fourth-order valence-electron chi connectivity index (χ4n) is 3.34. The van der Waals surface area contributed by atoms with Gasteiger partial charge in [0.1, 0.15) is 0 Å². The van der Waals surface area contributed by atoms with Gasteiger partial charge in [-0.2, -0.15) is 0 Å². The van der Waals surface area contributed by atoms with Crippen molar-refractivity contribution in [1.29, 1.82) is 0 Å². The Morgan fingerprint density at radius 2 is 1.38 bits per heavy atom.